The van der Waals surface area contributed by atoms with Gasteiger partial charge in [0.15, 0.2) is 5.13 Å². The first-order valence-electron chi connectivity index (χ1n) is 5.67. The minimum absolute atomic E-state index is 0.687. The summed E-state index contributed by atoms with van der Waals surface area (Å²) in [5.41, 5.74) is 2.19. The van der Waals surface area contributed by atoms with Gasteiger partial charge in [-0.3, -0.25) is 0 Å². The van der Waals surface area contributed by atoms with Gasteiger partial charge in [-0.2, -0.15) is 0 Å². The van der Waals surface area contributed by atoms with Crippen molar-refractivity contribution in [2.45, 2.75) is 6.92 Å². The fourth-order valence-electron chi connectivity index (χ4n) is 1.61. The highest BCUT2D eigenvalue weighted by Gasteiger charge is 2.09. The van der Waals surface area contributed by atoms with Crippen LogP contribution in [-0.4, -0.2) is 25.2 Å². The molecule has 0 bridgehead atoms. The first-order chi connectivity index (χ1) is 8.70. The summed E-state index contributed by atoms with van der Waals surface area (Å²) in [5.74, 6) is 0. The molecule has 96 valence electrons. The Kier molecular flexibility index (Phi) is 4.74. The molecule has 0 aliphatic carbocycles. The molecule has 18 heavy (non-hydrogen) atoms. The van der Waals surface area contributed by atoms with Gasteiger partial charge in [-0.25, -0.2) is 4.98 Å². The lowest BCUT2D eigenvalue weighted by molar-refractivity contribution is 0.211. The van der Waals surface area contributed by atoms with Crippen LogP contribution in [-0.2, 0) is 4.74 Å². The van der Waals surface area contributed by atoms with Crippen LogP contribution in [0.25, 0.3) is 11.3 Å². The Bertz CT molecular complexity index is 510. The number of hydrogen-bond donors (Lipinski definition) is 1. The monoisotopic (exact) mass is 326 g/mol. The summed E-state index contributed by atoms with van der Waals surface area (Å²) in [6, 6.07) is 8.22. The van der Waals surface area contributed by atoms with Crippen LogP contribution in [0.4, 0.5) is 5.13 Å². The zero-order valence-corrected chi connectivity index (χ0v) is 12.8. The van der Waals surface area contributed by atoms with Crippen LogP contribution in [0.2, 0.25) is 0 Å². The zero-order valence-electron chi connectivity index (χ0n) is 10.4. The van der Waals surface area contributed by atoms with E-state index in [1.54, 1.807) is 18.4 Å². The van der Waals surface area contributed by atoms with E-state index in [0.717, 1.165) is 27.4 Å². The summed E-state index contributed by atoms with van der Waals surface area (Å²) in [5, 5.41) is 4.21. The zero-order chi connectivity index (χ0) is 13.0. The summed E-state index contributed by atoms with van der Waals surface area (Å²) in [6.07, 6.45) is 0. The molecule has 0 saturated carbocycles. The quantitative estimate of drug-likeness (QED) is 0.845. The first-order valence-corrected chi connectivity index (χ1v) is 7.28. The smallest absolute Gasteiger partial charge is 0.183 e. The van der Waals surface area contributed by atoms with Crippen LogP contribution in [0, 0.1) is 6.92 Å². The van der Waals surface area contributed by atoms with E-state index in [1.807, 2.05) is 12.1 Å². The number of methoxy groups -OCH3 is 1. The molecule has 2 aromatic rings. The molecule has 0 spiro atoms. The van der Waals surface area contributed by atoms with Crippen LogP contribution in [0.15, 0.2) is 28.7 Å². The van der Waals surface area contributed by atoms with Crippen molar-refractivity contribution in [3.63, 3.8) is 0 Å². The van der Waals surface area contributed by atoms with E-state index in [4.69, 9.17) is 4.74 Å². The molecule has 0 radical (unpaired) electrons. The Balaban J connectivity index is 2.16. The number of benzene rings is 1. The van der Waals surface area contributed by atoms with E-state index in [2.05, 4.69) is 45.3 Å². The van der Waals surface area contributed by atoms with E-state index in [9.17, 15) is 0 Å². The number of aryl methyl sites for hydroxylation is 1. The molecule has 1 heterocycles. The molecule has 0 aliphatic rings. The molecule has 0 aliphatic heterocycles. The van der Waals surface area contributed by atoms with Gasteiger partial charge in [-0.05, 0) is 19.1 Å². The van der Waals surface area contributed by atoms with Crippen molar-refractivity contribution in [1.82, 2.24) is 4.98 Å². The molecule has 0 saturated heterocycles. The number of aromatic nitrogens is 1. The molecule has 3 nitrogen and oxygen atoms in total. The topological polar surface area (TPSA) is 34.1 Å². The Morgan fingerprint density at radius 2 is 2.06 bits per heavy atom. The third-order valence-electron chi connectivity index (χ3n) is 2.50. The number of thiazole rings is 1. The molecule has 1 aromatic heterocycles. The molecule has 0 atom stereocenters. The SMILES string of the molecule is COCCNc1nc(-c2ccc(Br)cc2)c(C)s1. The van der Waals surface area contributed by atoms with E-state index < -0.39 is 0 Å². The van der Waals surface area contributed by atoms with Gasteiger partial charge < -0.3 is 10.1 Å². The molecular formula is C13H15BrN2OS. The maximum absolute atomic E-state index is 5.01. The average Bonchev–Trinajstić information content (AvgIpc) is 2.72. The number of hydrogen-bond acceptors (Lipinski definition) is 4. The third-order valence-corrected chi connectivity index (χ3v) is 3.95. The lowest BCUT2D eigenvalue weighted by Crippen LogP contribution is -2.06. The van der Waals surface area contributed by atoms with Crippen molar-refractivity contribution in [1.29, 1.82) is 0 Å². The van der Waals surface area contributed by atoms with Crippen LogP contribution >= 0.6 is 27.3 Å². The standard InChI is InChI=1S/C13H15BrN2OS/c1-9-12(10-3-5-11(14)6-4-10)16-13(18-9)15-7-8-17-2/h3-6H,7-8H2,1-2H3,(H,15,16). The number of nitrogens with zero attached hydrogens (tertiary/aromatic N) is 1. The number of ether oxygens (including phenoxy) is 1. The van der Waals surface area contributed by atoms with E-state index in [1.165, 1.54) is 4.88 Å². The Morgan fingerprint density at radius 3 is 2.72 bits per heavy atom. The maximum atomic E-state index is 5.01. The molecule has 1 aromatic carbocycles. The molecule has 0 amide bonds. The molecule has 5 heteroatoms. The third kappa shape index (κ3) is 3.31. The highest BCUT2D eigenvalue weighted by molar-refractivity contribution is 9.10. The van der Waals surface area contributed by atoms with Crippen molar-refractivity contribution in [2.75, 3.05) is 25.6 Å². The second-order valence-corrected chi connectivity index (χ2v) is 5.97. The second-order valence-electron chi connectivity index (χ2n) is 3.85. The Morgan fingerprint density at radius 1 is 1.33 bits per heavy atom. The predicted molar refractivity (Wildman–Crippen MR) is 80.4 cm³/mol. The van der Waals surface area contributed by atoms with Gasteiger partial charge in [-0.1, -0.05) is 28.1 Å². The Labute approximate surface area is 119 Å². The normalized spacial score (nSPS) is 10.6. The highest BCUT2D eigenvalue weighted by atomic mass is 79.9. The number of halogens is 1. The van der Waals surface area contributed by atoms with Crippen LogP contribution in [0.5, 0.6) is 0 Å². The molecule has 0 fully saturated rings. The van der Waals surface area contributed by atoms with Gasteiger partial charge in [0.25, 0.3) is 0 Å². The van der Waals surface area contributed by atoms with Gasteiger partial charge >= 0.3 is 0 Å². The fraction of sp³-hybridized carbons (Fsp3) is 0.308. The van der Waals surface area contributed by atoms with Crippen LogP contribution < -0.4 is 5.32 Å². The van der Waals surface area contributed by atoms with Crippen LogP contribution in [0.1, 0.15) is 4.88 Å². The lowest BCUT2D eigenvalue weighted by Gasteiger charge is -2.00. The Hall–Kier alpha value is -0.910. The van der Waals surface area contributed by atoms with Gasteiger partial charge in [-0.15, -0.1) is 11.3 Å². The summed E-state index contributed by atoms with van der Waals surface area (Å²) in [7, 11) is 1.70. The van der Waals surface area contributed by atoms with E-state index in [-0.39, 0.29) is 0 Å². The summed E-state index contributed by atoms with van der Waals surface area (Å²) in [6.45, 7) is 3.56. The summed E-state index contributed by atoms with van der Waals surface area (Å²) in [4.78, 5) is 5.84. The molecule has 0 unspecified atom stereocenters. The van der Waals surface area contributed by atoms with Crippen molar-refractivity contribution < 1.29 is 4.74 Å². The molecular weight excluding hydrogens is 312 g/mol. The lowest BCUT2D eigenvalue weighted by atomic mass is 10.1. The number of anilines is 1. The van der Waals surface area contributed by atoms with Crippen molar-refractivity contribution in [3.8, 4) is 11.3 Å². The number of nitrogens with one attached hydrogen (secondary N) is 1. The minimum Gasteiger partial charge on any atom is -0.383 e. The van der Waals surface area contributed by atoms with E-state index in [0.29, 0.717) is 6.61 Å². The van der Waals surface area contributed by atoms with Gasteiger partial charge in [0.2, 0.25) is 0 Å². The predicted octanol–water partition coefficient (Wildman–Crippen LogP) is 3.94. The summed E-state index contributed by atoms with van der Waals surface area (Å²) >= 11 is 5.11. The second kappa shape index (κ2) is 6.31. The fourth-order valence-corrected chi connectivity index (χ4v) is 2.73. The van der Waals surface area contributed by atoms with Crippen molar-refractivity contribution in [2.24, 2.45) is 0 Å². The average molecular weight is 327 g/mol. The van der Waals surface area contributed by atoms with Crippen LogP contribution in [0.3, 0.4) is 0 Å². The largest absolute Gasteiger partial charge is 0.383 e. The summed E-state index contributed by atoms with van der Waals surface area (Å²) < 4.78 is 6.09. The highest BCUT2D eigenvalue weighted by Crippen LogP contribution is 2.30. The first kappa shape index (κ1) is 13.5. The van der Waals surface area contributed by atoms with Gasteiger partial charge in [0.1, 0.15) is 0 Å². The van der Waals surface area contributed by atoms with Gasteiger partial charge in [0, 0.05) is 28.6 Å². The molecule has 2 rings (SSSR count). The maximum Gasteiger partial charge on any atom is 0.183 e. The molecule has 1 N–H and O–H groups in total. The van der Waals surface area contributed by atoms with Gasteiger partial charge in [0.05, 0.1) is 12.3 Å². The van der Waals surface area contributed by atoms with Crippen molar-refractivity contribution in [3.05, 3.63) is 33.6 Å². The van der Waals surface area contributed by atoms with Crippen molar-refractivity contribution >= 4 is 32.4 Å². The van der Waals surface area contributed by atoms with E-state index >= 15 is 0 Å². The number of rotatable bonds is 5. The minimum atomic E-state index is 0.687.